The molecule has 19 heavy (non-hydrogen) atoms. The molecule has 0 saturated carbocycles. The molecule has 0 aliphatic rings. The third-order valence-electron chi connectivity index (χ3n) is 2.68. The molecular formula is C15H17Cl2NO. The Bertz CT molecular complexity index is 483. The van der Waals surface area contributed by atoms with Gasteiger partial charge >= 0.3 is 0 Å². The van der Waals surface area contributed by atoms with E-state index in [1.807, 2.05) is 48.5 Å². The highest BCUT2D eigenvalue weighted by molar-refractivity contribution is 6.30. The summed E-state index contributed by atoms with van der Waals surface area (Å²) in [5, 5.41) is 0.741. The first kappa shape index (κ1) is 15.8. The fourth-order valence-corrected chi connectivity index (χ4v) is 1.79. The first-order valence-corrected chi connectivity index (χ1v) is 6.32. The SMILES string of the molecule is Cl.NCCc1ccc(OCc2ccc(Cl)cc2)cc1. The molecule has 0 aliphatic carbocycles. The topological polar surface area (TPSA) is 35.2 Å². The molecule has 2 nitrogen and oxygen atoms in total. The van der Waals surface area contributed by atoms with Gasteiger partial charge in [0.2, 0.25) is 0 Å². The summed E-state index contributed by atoms with van der Waals surface area (Å²) in [6.07, 6.45) is 0.900. The van der Waals surface area contributed by atoms with E-state index in [9.17, 15) is 0 Å². The van der Waals surface area contributed by atoms with Gasteiger partial charge in [0.25, 0.3) is 0 Å². The average Bonchev–Trinajstić information content (AvgIpc) is 2.40. The van der Waals surface area contributed by atoms with Crippen molar-refractivity contribution in [3.8, 4) is 5.75 Å². The van der Waals surface area contributed by atoms with Crippen molar-refractivity contribution in [2.75, 3.05) is 6.54 Å². The van der Waals surface area contributed by atoms with Crippen LogP contribution in [0, 0.1) is 0 Å². The van der Waals surface area contributed by atoms with Crippen molar-refractivity contribution < 1.29 is 4.74 Å². The second-order valence-electron chi connectivity index (χ2n) is 4.10. The Morgan fingerprint density at radius 2 is 1.47 bits per heavy atom. The molecule has 4 heteroatoms. The molecule has 0 saturated heterocycles. The van der Waals surface area contributed by atoms with Crippen molar-refractivity contribution in [1.29, 1.82) is 0 Å². The minimum Gasteiger partial charge on any atom is -0.489 e. The van der Waals surface area contributed by atoms with E-state index >= 15 is 0 Å². The number of nitrogens with two attached hydrogens (primary N) is 1. The summed E-state index contributed by atoms with van der Waals surface area (Å²) < 4.78 is 5.69. The molecule has 0 amide bonds. The monoisotopic (exact) mass is 297 g/mol. The van der Waals surface area contributed by atoms with Crippen LogP contribution in [0.25, 0.3) is 0 Å². The molecule has 0 aromatic heterocycles. The van der Waals surface area contributed by atoms with Crippen LogP contribution >= 0.6 is 24.0 Å². The summed E-state index contributed by atoms with van der Waals surface area (Å²) >= 11 is 5.82. The van der Waals surface area contributed by atoms with Gasteiger partial charge in [-0.1, -0.05) is 35.9 Å². The molecule has 2 rings (SSSR count). The summed E-state index contributed by atoms with van der Waals surface area (Å²) in [6.45, 7) is 1.22. The molecule has 0 unspecified atom stereocenters. The van der Waals surface area contributed by atoms with E-state index < -0.39 is 0 Å². The number of hydrogen-bond acceptors (Lipinski definition) is 2. The van der Waals surface area contributed by atoms with Gasteiger partial charge in [-0.3, -0.25) is 0 Å². The van der Waals surface area contributed by atoms with Gasteiger partial charge in [-0.15, -0.1) is 12.4 Å². The normalized spacial score (nSPS) is 9.79. The van der Waals surface area contributed by atoms with Crippen LogP contribution in [0.5, 0.6) is 5.75 Å². The highest BCUT2D eigenvalue weighted by Gasteiger charge is 1.97. The van der Waals surface area contributed by atoms with E-state index in [0.29, 0.717) is 13.2 Å². The van der Waals surface area contributed by atoms with Crippen molar-refractivity contribution >= 4 is 24.0 Å². The van der Waals surface area contributed by atoms with Crippen molar-refractivity contribution in [3.05, 3.63) is 64.7 Å². The summed E-state index contributed by atoms with van der Waals surface area (Å²) in [5.41, 5.74) is 7.84. The molecule has 0 aliphatic heterocycles. The lowest BCUT2D eigenvalue weighted by atomic mass is 10.1. The standard InChI is InChI=1S/C15H16ClNO.ClH/c16-14-5-1-13(2-6-14)11-18-15-7-3-12(4-8-15)9-10-17;/h1-8H,9-11,17H2;1H. The summed E-state index contributed by atoms with van der Waals surface area (Å²) in [5.74, 6) is 0.866. The van der Waals surface area contributed by atoms with E-state index in [1.165, 1.54) is 5.56 Å². The van der Waals surface area contributed by atoms with Gasteiger partial charge in [0.1, 0.15) is 12.4 Å². The van der Waals surface area contributed by atoms with Crippen LogP contribution < -0.4 is 10.5 Å². The molecule has 0 radical (unpaired) electrons. The molecule has 102 valence electrons. The minimum absolute atomic E-state index is 0. The number of rotatable bonds is 5. The number of benzene rings is 2. The summed E-state index contributed by atoms with van der Waals surface area (Å²) in [4.78, 5) is 0. The fraction of sp³-hybridized carbons (Fsp3) is 0.200. The lowest BCUT2D eigenvalue weighted by Crippen LogP contribution is -2.02. The third kappa shape index (κ3) is 5.11. The molecule has 0 heterocycles. The molecule has 2 N–H and O–H groups in total. The molecular weight excluding hydrogens is 281 g/mol. The zero-order valence-electron chi connectivity index (χ0n) is 10.5. The Kier molecular flexibility index (Phi) is 6.71. The smallest absolute Gasteiger partial charge is 0.119 e. The molecule has 2 aromatic carbocycles. The Morgan fingerprint density at radius 3 is 2.05 bits per heavy atom. The lowest BCUT2D eigenvalue weighted by Gasteiger charge is -2.07. The predicted molar refractivity (Wildman–Crippen MR) is 82.2 cm³/mol. The molecule has 0 spiro atoms. The highest BCUT2D eigenvalue weighted by atomic mass is 35.5. The van der Waals surface area contributed by atoms with Crippen LogP contribution in [0.4, 0.5) is 0 Å². The minimum atomic E-state index is 0. The third-order valence-corrected chi connectivity index (χ3v) is 2.93. The quantitative estimate of drug-likeness (QED) is 0.910. The fourth-order valence-electron chi connectivity index (χ4n) is 1.67. The molecule has 0 atom stereocenters. The van der Waals surface area contributed by atoms with Gasteiger partial charge in [-0.25, -0.2) is 0 Å². The Morgan fingerprint density at radius 1 is 0.895 bits per heavy atom. The Balaban J connectivity index is 0.00000180. The maximum Gasteiger partial charge on any atom is 0.119 e. The number of halogens is 2. The van der Waals surface area contributed by atoms with E-state index in [0.717, 1.165) is 22.8 Å². The second kappa shape index (κ2) is 8.05. The van der Waals surface area contributed by atoms with Gasteiger partial charge < -0.3 is 10.5 Å². The zero-order chi connectivity index (χ0) is 12.8. The number of hydrogen-bond donors (Lipinski definition) is 1. The van der Waals surface area contributed by atoms with Gasteiger partial charge in [-0.2, -0.15) is 0 Å². The molecule has 2 aromatic rings. The van der Waals surface area contributed by atoms with Gasteiger partial charge in [-0.05, 0) is 48.4 Å². The average molecular weight is 298 g/mol. The van der Waals surface area contributed by atoms with Gasteiger partial charge in [0.05, 0.1) is 0 Å². The lowest BCUT2D eigenvalue weighted by molar-refractivity contribution is 0.306. The first-order valence-electron chi connectivity index (χ1n) is 5.94. The zero-order valence-corrected chi connectivity index (χ0v) is 12.1. The van der Waals surface area contributed by atoms with Crippen LogP contribution in [0.3, 0.4) is 0 Å². The predicted octanol–water partition coefficient (Wildman–Crippen LogP) is 3.84. The number of ether oxygens (including phenoxy) is 1. The van der Waals surface area contributed by atoms with Gasteiger partial charge in [0.15, 0.2) is 0 Å². The largest absolute Gasteiger partial charge is 0.489 e. The second-order valence-corrected chi connectivity index (χ2v) is 4.53. The highest BCUT2D eigenvalue weighted by Crippen LogP contribution is 2.15. The van der Waals surface area contributed by atoms with Crippen LogP contribution in [0.1, 0.15) is 11.1 Å². The Hall–Kier alpha value is -1.22. The van der Waals surface area contributed by atoms with Crippen molar-refractivity contribution in [2.45, 2.75) is 13.0 Å². The van der Waals surface area contributed by atoms with Gasteiger partial charge in [0, 0.05) is 5.02 Å². The molecule has 0 fully saturated rings. The summed E-state index contributed by atoms with van der Waals surface area (Å²) in [7, 11) is 0. The molecule has 0 bridgehead atoms. The summed E-state index contributed by atoms with van der Waals surface area (Å²) in [6, 6.07) is 15.7. The van der Waals surface area contributed by atoms with E-state index in [2.05, 4.69) is 0 Å². The van der Waals surface area contributed by atoms with Crippen molar-refractivity contribution in [1.82, 2.24) is 0 Å². The van der Waals surface area contributed by atoms with E-state index in [1.54, 1.807) is 0 Å². The Labute approximate surface area is 124 Å². The van der Waals surface area contributed by atoms with Crippen molar-refractivity contribution in [3.63, 3.8) is 0 Å². The maximum absolute atomic E-state index is 5.82. The first-order chi connectivity index (χ1) is 8.78. The van der Waals surface area contributed by atoms with Crippen LogP contribution in [0.2, 0.25) is 5.02 Å². The van der Waals surface area contributed by atoms with E-state index in [4.69, 9.17) is 22.1 Å². The van der Waals surface area contributed by atoms with Crippen LogP contribution in [0.15, 0.2) is 48.5 Å². The van der Waals surface area contributed by atoms with Crippen LogP contribution in [-0.2, 0) is 13.0 Å². The van der Waals surface area contributed by atoms with Crippen LogP contribution in [-0.4, -0.2) is 6.54 Å². The van der Waals surface area contributed by atoms with Crippen molar-refractivity contribution in [2.24, 2.45) is 5.73 Å². The maximum atomic E-state index is 5.82. The van der Waals surface area contributed by atoms with E-state index in [-0.39, 0.29) is 12.4 Å².